The summed E-state index contributed by atoms with van der Waals surface area (Å²) in [5.41, 5.74) is 5.64. The van der Waals surface area contributed by atoms with Crippen LogP contribution in [0.15, 0.2) is 0 Å². The van der Waals surface area contributed by atoms with Gasteiger partial charge in [-0.05, 0) is 32.6 Å². The first kappa shape index (κ1) is 9.44. The van der Waals surface area contributed by atoms with Crippen LogP contribution in [-0.4, -0.2) is 31.0 Å². The molecule has 0 aromatic rings. The third-order valence-corrected chi connectivity index (χ3v) is 3.36. The molecule has 2 saturated heterocycles. The van der Waals surface area contributed by atoms with Crippen LogP contribution in [-0.2, 0) is 9.47 Å². The Kier molecular flexibility index (Phi) is 2.58. The highest BCUT2D eigenvalue weighted by atomic mass is 16.6. The largest absolute Gasteiger partial charge is 0.372 e. The van der Waals surface area contributed by atoms with Crippen LogP contribution in [0.25, 0.3) is 0 Å². The predicted octanol–water partition coefficient (Wildman–Crippen LogP) is 1.06. The topological polar surface area (TPSA) is 44.5 Å². The van der Waals surface area contributed by atoms with Crippen LogP contribution in [0.5, 0.6) is 0 Å². The Balaban J connectivity index is 2.09. The molecule has 0 saturated carbocycles. The Hall–Kier alpha value is -0.120. The molecule has 2 fully saturated rings. The summed E-state index contributed by atoms with van der Waals surface area (Å²) in [5, 5.41) is 0. The Labute approximate surface area is 79.6 Å². The molecule has 13 heavy (non-hydrogen) atoms. The summed E-state index contributed by atoms with van der Waals surface area (Å²) in [5.74, 6) is 0. The summed E-state index contributed by atoms with van der Waals surface area (Å²) in [7, 11) is 0. The summed E-state index contributed by atoms with van der Waals surface area (Å²) in [6, 6.07) is 0. The molecule has 2 rings (SSSR count). The fraction of sp³-hybridized carbons (Fsp3) is 1.00. The monoisotopic (exact) mass is 185 g/mol. The summed E-state index contributed by atoms with van der Waals surface area (Å²) in [6.07, 6.45) is 5.27. The van der Waals surface area contributed by atoms with Gasteiger partial charge >= 0.3 is 0 Å². The highest BCUT2D eigenvalue weighted by Crippen LogP contribution is 2.40. The maximum absolute atomic E-state index is 5.85. The van der Waals surface area contributed by atoms with E-state index in [0.717, 1.165) is 25.9 Å². The van der Waals surface area contributed by atoms with E-state index in [1.165, 1.54) is 6.42 Å². The second-order valence-electron chi connectivity index (χ2n) is 4.06. The van der Waals surface area contributed by atoms with Gasteiger partial charge in [0.1, 0.15) is 5.60 Å². The second kappa shape index (κ2) is 3.56. The van der Waals surface area contributed by atoms with Gasteiger partial charge in [0.2, 0.25) is 0 Å². The van der Waals surface area contributed by atoms with Crippen LogP contribution in [0.4, 0.5) is 0 Å². The molecule has 2 aliphatic rings. The van der Waals surface area contributed by atoms with Gasteiger partial charge in [-0.3, -0.25) is 0 Å². The molecule has 2 N–H and O–H groups in total. The van der Waals surface area contributed by atoms with Crippen molar-refractivity contribution < 1.29 is 9.47 Å². The summed E-state index contributed by atoms with van der Waals surface area (Å²) < 4.78 is 11.7. The molecule has 0 aromatic heterocycles. The molecule has 2 bridgehead atoms. The van der Waals surface area contributed by atoms with E-state index >= 15 is 0 Å². The van der Waals surface area contributed by atoms with Crippen LogP contribution >= 0.6 is 0 Å². The molecule has 0 spiro atoms. The molecular weight excluding hydrogens is 166 g/mol. The highest BCUT2D eigenvalue weighted by molar-refractivity contribution is 4.99. The van der Waals surface area contributed by atoms with Gasteiger partial charge < -0.3 is 15.2 Å². The fourth-order valence-electron chi connectivity index (χ4n) is 2.62. The van der Waals surface area contributed by atoms with Crippen molar-refractivity contribution >= 4 is 0 Å². The van der Waals surface area contributed by atoms with Gasteiger partial charge in [0.05, 0.1) is 12.2 Å². The number of ether oxygens (including phenoxy) is 2. The van der Waals surface area contributed by atoms with Crippen LogP contribution < -0.4 is 5.73 Å². The van der Waals surface area contributed by atoms with Crippen LogP contribution in [0.3, 0.4) is 0 Å². The lowest BCUT2D eigenvalue weighted by molar-refractivity contribution is -0.166. The van der Waals surface area contributed by atoms with Gasteiger partial charge in [-0.25, -0.2) is 0 Å². The van der Waals surface area contributed by atoms with E-state index in [4.69, 9.17) is 15.2 Å². The molecule has 0 radical (unpaired) electrons. The zero-order chi connectivity index (χ0) is 9.31. The van der Waals surface area contributed by atoms with Gasteiger partial charge in [-0.1, -0.05) is 0 Å². The standard InChI is InChI=1S/C10H19NO2/c1-2-12-10(7-11)6-5-8-3-4-9(10)13-8/h8-9H,2-7,11H2,1H3. The SMILES string of the molecule is CCOC1(CN)CCC2CCC1O2. The third-order valence-electron chi connectivity index (χ3n) is 3.36. The molecule has 76 valence electrons. The normalized spacial score (nSPS) is 43.8. The van der Waals surface area contributed by atoms with Gasteiger partial charge in [0.15, 0.2) is 0 Å². The third kappa shape index (κ3) is 1.49. The minimum atomic E-state index is -0.165. The first-order valence-electron chi connectivity index (χ1n) is 5.30. The van der Waals surface area contributed by atoms with Crippen LogP contribution in [0.1, 0.15) is 32.6 Å². The van der Waals surface area contributed by atoms with E-state index in [2.05, 4.69) is 0 Å². The van der Waals surface area contributed by atoms with E-state index in [9.17, 15) is 0 Å². The fourth-order valence-corrected chi connectivity index (χ4v) is 2.62. The molecule has 3 heteroatoms. The molecular formula is C10H19NO2. The van der Waals surface area contributed by atoms with Crippen molar-refractivity contribution in [3.05, 3.63) is 0 Å². The molecule has 3 nitrogen and oxygen atoms in total. The molecule has 0 aromatic carbocycles. The zero-order valence-corrected chi connectivity index (χ0v) is 8.29. The molecule has 0 aliphatic carbocycles. The molecule has 2 aliphatic heterocycles. The van der Waals surface area contributed by atoms with Gasteiger partial charge in [0.25, 0.3) is 0 Å². The summed E-state index contributed by atoms with van der Waals surface area (Å²) in [4.78, 5) is 0. The molecule has 3 atom stereocenters. The second-order valence-corrected chi connectivity index (χ2v) is 4.06. The first-order valence-corrected chi connectivity index (χ1v) is 5.30. The molecule has 3 unspecified atom stereocenters. The number of hydrogen-bond donors (Lipinski definition) is 1. The van der Waals surface area contributed by atoms with E-state index in [1.54, 1.807) is 0 Å². The van der Waals surface area contributed by atoms with Crippen molar-refractivity contribution in [3.63, 3.8) is 0 Å². The van der Waals surface area contributed by atoms with Crippen molar-refractivity contribution in [2.75, 3.05) is 13.2 Å². The average Bonchev–Trinajstić information content (AvgIpc) is 2.56. The van der Waals surface area contributed by atoms with Crippen molar-refractivity contribution in [3.8, 4) is 0 Å². The Morgan fingerprint density at radius 1 is 1.46 bits per heavy atom. The average molecular weight is 185 g/mol. The number of rotatable bonds is 3. The Morgan fingerprint density at radius 3 is 3.00 bits per heavy atom. The lowest BCUT2D eigenvalue weighted by atomic mass is 9.89. The van der Waals surface area contributed by atoms with E-state index < -0.39 is 0 Å². The smallest absolute Gasteiger partial charge is 0.106 e. The van der Waals surface area contributed by atoms with E-state index in [-0.39, 0.29) is 11.7 Å². The molecule has 0 amide bonds. The van der Waals surface area contributed by atoms with Gasteiger partial charge in [0, 0.05) is 13.2 Å². The van der Waals surface area contributed by atoms with E-state index in [0.29, 0.717) is 12.6 Å². The van der Waals surface area contributed by atoms with Crippen molar-refractivity contribution in [1.29, 1.82) is 0 Å². The highest BCUT2D eigenvalue weighted by Gasteiger charge is 2.47. The number of fused-ring (bicyclic) bond motifs is 2. The number of hydrogen-bond acceptors (Lipinski definition) is 3. The minimum Gasteiger partial charge on any atom is -0.372 e. The molecule has 2 heterocycles. The quantitative estimate of drug-likeness (QED) is 0.715. The van der Waals surface area contributed by atoms with Crippen LogP contribution in [0.2, 0.25) is 0 Å². The Bertz CT molecular complexity index is 186. The van der Waals surface area contributed by atoms with Crippen molar-refractivity contribution in [1.82, 2.24) is 0 Å². The Morgan fingerprint density at radius 2 is 2.31 bits per heavy atom. The van der Waals surface area contributed by atoms with Crippen LogP contribution in [0, 0.1) is 0 Å². The maximum atomic E-state index is 5.85. The van der Waals surface area contributed by atoms with Crippen molar-refractivity contribution in [2.24, 2.45) is 5.73 Å². The van der Waals surface area contributed by atoms with E-state index in [1.807, 2.05) is 6.92 Å². The van der Waals surface area contributed by atoms with Gasteiger partial charge in [-0.15, -0.1) is 0 Å². The van der Waals surface area contributed by atoms with Crippen molar-refractivity contribution in [2.45, 2.75) is 50.4 Å². The number of nitrogens with two attached hydrogens (primary N) is 1. The van der Waals surface area contributed by atoms with Gasteiger partial charge in [-0.2, -0.15) is 0 Å². The first-order chi connectivity index (χ1) is 6.30. The minimum absolute atomic E-state index is 0.165. The predicted molar refractivity (Wildman–Crippen MR) is 50.5 cm³/mol. The zero-order valence-electron chi connectivity index (χ0n) is 8.29. The summed E-state index contributed by atoms with van der Waals surface area (Å²) >= 11 is 0. The summed E-state index contributed by atoms with van der Waals surface area (Å²) in [6.45, 7) is 3.36. The lowest BCUT2D eigenvalue weighted by Gasteiger charge is -2.41. The lowest BCUT2D eigenvalue weighted by Crippen LogP contribution is -2.53. The maximum Gasteiger partial charge on any atom is 0.106 e.